The lowest BCUT2D eigenvalue weighted by Crippen LogP contribution is -2.64. The molecule has 1 saturated carbocycles. The predicted octanol–water partition coefficient (Wildman–Crippen LogP) is 5.04. The topological polar surface area (TPSA) is 21.3 Å². The second-order valence-corrected chi connectivity index (χ2v) is 6.76. The van der Waals surface area contributed by atoms with Gasteiger partial charge in [0.1, 0.15) is 11.9 Å². The molecule has 1 N–H and O–H groups in total. The molecule has 2 nitrogen and oxygen atoms in total. The van der Waals surface area contributed by atoms with Gasteiger partial charge in [-0.15, -0.1) is 0 Å². The van der Waals surface area contributed by atoms with Crippen LogP contribution >= 0.6 is 27.5 Å². The predicted molar refractivity (Wildman–Crippen MR) is 88.7 cm³/mol. The Labute approximate surface area is 135 Å². The molecular weight excluding hydrogens is 338 g/mol. The number of nitrogens with one attached hydrogen (secondary N) is 1. The van der Waals surface area contributed by atoms with Gasteiger partial charge in [0.25, 0.3) is 0 Å². The Morgan fingerprint density at radius 1 is 1.35 bits per heavy atom. The minimum Gasteiger partial charge on any atom is -0.489 e. The molecule has 0 saturated heterocycles. The summed E-state index contributed by atoms with van der Waals surface area (Å²) in [6, 6.07) is 6.28. The summed E-state index contributed by atoms with van der Waals surface area (Å²) < 4.78 is 7.19. The molecule has 1 aliphatic rings. The number of rotatable bonds is 6. The Morgan fingerprint density at radius 3 is 2.60 bits per heavy atom. The Bertz CT molecular complexity index is 462. The van der Waals surface area contributed by atoms with E-state index in [4.69, 9.17) is 16.3 Å². The normalized spacial score (nSPS) is 24.2. The lowest BCUT2D eigenvalue weighted by atomic mass is 9.58. The summed E-state index contributed by atoms with van der Waals surface area (Å²) in [5, 5.41) is 4.32. The summed E-state index contributed by atoms with van der Waals surface area (Å²) in [7, 11) is 0. The zero-order valence-corrected chi connectivity index (χ0v) is 14.7. The first kappa shape index (κ1) is 16.1. The minimum absolute atomic E-state index is 0.245. The summed E-state index contributed by atoms with van der Waals surface area (Å²) in [6.45, 7) is 7.71. The number of ether oxygens (including phenoxy) is 1. The first-order chi connectivity index (χ1) is 9.57. The monoisotopic (exact) mass is 359 g/mol. The molecule has 0 bridgehead atoms. The van der Waals surface area contributed by atoms with Crippen LogP contribution in [-0.4, -0.2) is 18.7 Å². The Morgan fingerprint density at radius 2 is 2.05 bits per heavy atom. The number of hydrogen-bond acceptors (Lipinski definition) is 2. The Hall–Kier alpha value is -0.250. The van der Waals surface area contributed by atoms with E-state index in [2.05, 4.69) is 42.0 Å². The van der Waals surface area contributed by atoms with Crippen LogP contribution in [0.3, 0.4) is 0 Å². The van der Waals surface area contributed by atoms with Crippen LogP contribution in [0.2, 0.25) is 5.02 Å². The van der Waals surface area contributed by atoms with Crippen molar-refractivity contribution in [3.8, 4) is 5.75 Å². The molecule has 1 aliphatic carbocycles. The van der Waals surface area contributed by atoms with E-state index in [1.165, 1.54) is 0 Å². The maximum atomic E-state index is 6.26. The number of halogens is 2. The van der Waals surface area contributed by atoms with E-state index >= 15 is 0 Å². The maximum absolute atomic E-state index is 6.26. The van der Waals surface area contributed by atoms with Gasteiger partial charge in [-0.2, -0.15) is 0 Å². The quantitative estimate of drug-likeness (QED) is 0.767. The van der Waals surface area contributed by atoms with E-state index in [1.54, 1.807) is 0 Å². The molecule has 0 radical (unpaired) electrons. The summed E-state index contributed by atoms with van der Waals surface area (Å²) in [4.78, 5) is 0. The molecule has 0 aromatic heterocycles. The summed E-state index contributed by atoms with van der Waals surface area (Å²) >= 11 is 9.51. The number of benzene rings is 1. The highest BCUT2D eigenvalue weighted by molar-refractivity contribution is 9.10. The molecule has 0 amide bonds. The zero-order chi connectivity index (χ0) is 14.8. The van der Waals surface area contributed by atoms with E-state index in [0.29, 0.717) is 6.04 Å². The molecule has 0 aliphatic heterocycles. The molecule has 4 heteroatoms. The SMILES string of the molecule is CCNC1CC(Oc2ccc(Cl)cc2Br)C1(CC)CC. The van der Waals surface area contributed by atoms with E-state index in [-0.39, 0.29) is 11.5 Å². The van der Waals surface area contributed by atoms with E-state index < -0.39 is 0 Å². The van der Waals surface area contributed by atoms with E-state index in [9.17, 15) is 0 Å². The van der Waals surface area contributed by atoms with Crippen molar-refractivity contribution in [2.24, 2.45) is 5.41 Å². The third kappa shape index (κ3) is 2.86. The molecule has 20 heavy (non-hydrogen) atoms. The van der Waals surface area contributed by atoms with Crippen molar-refractivity contribution in [2.45, 2.75) is 52.2 Å². The summed E-state index contributed by atoms with van der Waals surface area (Å²) in [5.41, 5.74) is 0.245. The average Bonchev–Trinajstić information content (AvgIpc) is 2.41. The van der Waals surface area contributed by atoms with Crippen LogP contribution in [0.25, 0.3) is 0 Å². The maximum Gasteiger partial charge on any atom is 0.134 e. The van der Waals surface area contributed by atoms with E-state index in [0.717, 1.165) is 41.1 Å². The third-order valence-electron chi connectivity index (χ3n) is 4.72. The molecule has 1 fully saturated rings. The fourth-order valence-corrected chi connectivity index (χ4v) is 4.14. The van der Waals surface area contributed by atoms with Gasteiger partial charge in [-0.3, -0.25) is 0 Å². The van der Waals surface area contributed by atoms with Crippen LogP contribution in [0, 0.1) is 5.41 Å². The molecular formula is C16H23BrClNO. The van der Waals surface area contributed by atoms with Crippen LogP contribution in [0.5, 0.6) is 5.75 Å². The van der Waals surface area contributed by atoms with Crippen molar-refractivity contribution in [3.05, 3.63) is 27.7 Å². The highest BCUT2D eigenvalue weighted by Gasteiger charge is 2.53. The average molecular weight is 361 g/mol. The molecule has 2 unspecified atom stereocenters. The highest BCUT2D eigenvalue weighted by Crippen LogP contribution is 2.49. The fourth-order valence-electron chi connectivity index (χ4n) is 3.37. The summed E-state index contributed by atoms with van der Waals surface area (Å²) in [5.74, 6) is 0.889. The zero-order valence-electron chi connectivity index (χ0n) is 12.4. The van der Waals surface area contributed by atoms with Gasteiger partial charge < -0.3 is 10.1 Å². The smallest absolute Gasteiger partial charge is 0.134 e. The highest BCUT2D eigenvalue weighted by atomic mass is 79.9. The van der Waals surface area contributed by atoms with E-state index in [1.807, 2.05) is 18.2 Å². The van der Waals surface area contributed by atoms with Gasteiger partial charge in [0.05, 0.1) is 4.47 Å². The van der Waals surface area contributed by atoms with Crippen LogP contribution in [0.1, 0.15) is 40.0 Å². The molecule has 0 heterocycles. The molecule has 2 rings (SSSR count). The van der Waals surface area contributed by atoms with Crippen molar-refractivity contribution >= 4 is 27.5 Å². The van der Waals surface area contributed by atoms with Gasteiger partial charge in [-0.1, -0.05) is 32.4 Å². The minimum atomic E-state index is 0.245. The van der Waals surface area contributed by atoms with Gasteiger partial charge in [0, 0.05) is 22.9 Å². The van der Waals surface area contributed by atoms with Crippen LogP contribution in [0.4, 0.5) is 0 Å². The summed E-state index contributed by atoms with van der Waals surface area (Å²) in [6.07, 6.45) is 3.62. The van der Waals surface area contributed by atoms with Crippen LogP contribution in [-0.2, 0) is 0 Å². The van der Waals surface area contributed by atoms with Crippen molar-refractivity contribution in [1.29, 1.82) is 0 Å². The largest absolute Gasteiger partial charge is 0.489 e. The lowest BCUT2D eigenvalue weighted by Gasteiger charge is -2.55. The molecule has 112 valence electrons. The molecule has 2 atom stereocenters. The standard InChI is InChI=1S/C16H23BrClNO/c1-4-16(5-2)14(19-6-3)10-15(16)20-13-8-7-11(18)9-12(13)17/h7-9,14-15,19H,4-6,10H2,1-3H3. The lowest BCUT2D eigenvalue weighted by molar-refractivity contribution is -0.0857. The van der Waals surface area contributed by atoms with Crippen molar-refractivity contribution in [1.82, 2.24) is 5.32 Å². The van der Waals surface area contributed by atoms with Gasteiger partial charge in [-0.25, -0.2) is 0 Å². The van der Waals surface area contributed by atoms with Crippen molar-refractivity contribution < 1.29 is 4.74 Å². The van der Waals surface area contributed by atoms with Gasteiger partial charge in [-0.05, 0) is 53.5 Å². The first-order valence-electron chi connectivity index (χ1n) is 7.42. The van der Waals surface area contributed by atoms with Gasteiger partial charge in [0.2, 0.25) is 0 Å². The second-order valence-electron chi connectivity index (χ2n) is 5.47. The van der Waals surface area contributed by atoms with Crippen molar-refractivity contribution in [2.75, 3.05) is 6.54 Å². The second kappa shape index (κ2) is 6.67. The fraction of sp³-hybridized carbons (Fsp3) is 0.625. The van der Waals surface area contributed by atoms with Crippen LogP contribution < -0.4 is 10.1 Å². The molecule has 1 aromatic carbocycles. The van der Waals surface area contributed by atoms with Crippen molar-refractivity contribution in [3.63, 3.8) is 0 Å². The molecule has 1 aromatic rings. The number of hydrogen-bond donors (Lipinski definition) is 1. The van der Waals surface area contributed by atoms with Gasteiger partial charge in [0.15, 0.2) is 0 Å². The molecule has 0 spiro atoms. The van der Waals surface area contributed by atoms with Gasteiger partial charge >= 0.3 is 0 Å². The Balaban J connectivity index is 2.13. The van der Waals surface area contributed by atoms with Crippen LogP contribution in [0.15, 0.2) is 22.7 Å². The first-order valence-corrected chi connectivity index (χ1v) is 8.59. The Kier molecular flexibility index (Phi) is 5.38. The third-order valence-corrected chi connectivity index (χ3v) is 5.57.